The fourth-order valence-electron chi connectivity index (χ4n) is 5.22. The van der Waals surface area contributed by atoms with Crippen LogP contribution in [-0.2, 0) is 4.79 Å². The van der Waals surface area contributed by atoms with Crippen LogP contribution in [-0.4, -0.2) is 62.3 Å². The summed E-state index contributed by atoms with van der Waals surface area (Å²) in [5.41, 5.74) is 8.36. The number of halogens is 2. The molecule has 1 aromatic carbocycles. The van der Waals surface area contributed by atoms with E-state index >= 15 is 4.39 Å². The van der Waals surface area contributed by atoms with Crippen molar-refractivity contribution in [2.24, 2.45) is 0 Å². The van der Waals surface area contributed by atoms with E-state index in [1.165, 1.54) is 22.4 Å². The fraction of sp³-hybridized carbons (Fsp3) is 0.276. The van der Waals surface area contributed by atoms with Gasteiger partial charge in [-0.2, -0.15) is 4.98 Å². The number of amides is 1. The maximum Gasteiger partial charge on any atom is 0.355 e. The Morgan fingerprint density at radius 2 is 1.98 bits per heavy atom. The highest BCUT2D eigenvalue weighted by atomic mass is 79.9. The van der Waals surface area contributed by atoms with E-state index in [0.717, 1.165) is 4.90 Å². The van der Waals surface area contributed by atoms with E-state index in [4.69, 9.17) is 10.7 Å². The fourth-order valence-corrected chi connectivity index (χ4v) is 6.44. The zero-order valence-corrected chi connectivity index (χ0v) is 25.5. The molecule has 1 saturated heterocycles. The molecule has 12 heteroatoms. The maximum absolute atomic E-state index is 15.5. The number of pyridine rings is 2. The van der Waals surface area contributed by atoms with Crippen LogP contribution >= 0.6 is 27.7 Å². The summed E-state index contributed by atoms with van der Waals surface area (Å²) >= 11 is 4.96. The molecule has 1 unspecified atom stereocenters. The first-order valence-electron chi connectivity index (χ1n) is 12.9. The van der Waals surface area contributed by atoms with Crippen LogP contribution in [0.2, 0.25) is 0 Å². The quantitative estimate of drug-likeness (QED) is 0.143. The molecule has 4 aromatic rings. The van der Waals surface area contributed by atoms with Crippen molar-refractivity contribution in [2.75, 3.05) is 36.5 Å². The summed E-state index contributed by atoms with van der Waals surface area (Å²) < 4.78 is 17.4. The molecule has 1 aliphatic rings. The number of piperazine rings is 1. The Morgan fingerprint density at radius 1 is 1.22 bits per heavy atom. The Morgan fingerprint density at radius 3 is 2.66 bits per heavy atom. The highest BCUT2D eigenvalue weighted by Gasteiger charge is 2.30. The molecule has 0 saturated carbocycles. The predicted octanol–water partition coefficient (Wildman–Crippen LogP) is 4.89. The lowest BCUT2D eigenvalue weighted by molar-refractivity contribution is -0.126. The average molecular weight is 639 g/mol. The molecule has 1 fully saturated rings. The molecular formula is C29H29BrFN7O2S. The first kappa shape index (κ1) is 28.7. The first-order valence-corrected chi connectivity index (χ1v) is 14.9. The molecule has 212 valence electrons. The lowest BCUT2D eigenvalue weighted by Crippen LogP contribution is -2.54. The van der Waals surface area contributed by atoms with Crippen LogP contribution in [0.15, 0.2) is 57.4 Å². The van der Waals surface area contributed by atoms with Gasteiger partial charge in [0.15, 0.2) is 5.65 Å². The molecule has 5 rings (SSSR count). The molecule has 4 heterocycles. The summed E-state index contributed by atoms with van der Waals surface area (Å²) in [6.07, 6.45) is 4.85. The van der Waals surface area contributed by atoms with Crippen molar-refractivity contribution in [1.82, 2.24) is 24.4 Å². The van der Waals surface area contributed by atoms with Crippen molar-refractivity contribution in [2.45, 2.75) is 31.7 Å². The van der Waals surface area contributed by atoms with Crippen molar-refractivity contribution >= 4 is 56.1 Å². The Hall–Kier alpha value is -3.77. The second-order valence-corrected chi connectivity index (χ2v) is 11.5. The molecule has 3 aromatic heterocycles. The number of hydrogen-bond donors (Lipinski definition) is 1. The minimum atomic E-state index is -0.562. The van der Waals surface area contributed by atoms with Gasteiger partial charge in [-0.05, 0) is 78.4 Å². The molecular weight excluding hydrogens is 609 g/mol. The Balaban J connectivity index is 1.83. The van der Waals surface area contributed by atoms with Gasteiger partial charge in [0.2, 0.25) is 5.91 Å². The number of thioether (sulfide) groups is 1. The zero-order chi connectivity index (χ0) is 29.6. The number of anilines is 2. The summed E-state index contributed by atoms with van der Waals surface area (Å²) in [5.74, 6) is -0.159. The van der Waals surface area contributed by atoms with Gasteiger partial charge in [-0.25, -0.2) is 23.7 Å². The summed E-state index contributed by atoms with van der Waals surface area (Å²) in [6.45, 7) is 10.4. The second kappa shape index (κ2) is 11.2. The first-order chi connectivity index (χ1) is 19.6. The van der Waals surface area contributed by atoms with Crippen molar-refractivity contribution in [1.29, 1.82) is 0 Å². The minimum Gasteiger partial charge on any atom is -0.398 e. The third-order valence-corrected chi connectivity index (χ3v) is 8.66. The second-order valence-electron chi connectivity index (χ2n) is 9.92. The maximum atomic E-state index is 15.5. The smallest absolute Gasteiger partial charge is 0.355 e. The van der Waals surface area contributed by atoms with Crippen LogP contribution in [0.4, 0.5) is 15.9 Å². The molecule has 1 amide bonds. The zero-order valence-electron chi connectivity index (χ0n) is 23.1. The third-order valence-electron chi connectivity index (χ3n) is 7.31. The van der Waals surface area contributed by atoms with Crippen LogP contribution in [0, 0.1) is 19.7 Å². The van der Waals surface area contributed by atoms with Crippen molar-refractivity contribution in [3.63, 3.8) is 0 Å². The monoisotopic (exact) mass is 637 g/mol. The van der Waals surface area contributed by atoms with Crippen molar-refractivity contribution in [3.05, 3.63) is 75.1 Å². The molecule has 0 spiro atoms. The molecule has 1 atom stereocenters. The lowest BCUT2D eigenvalue weighted by Gasteiger charge is -2.40. The van der Waals surface area contributed by atoms with Gasteiger partial charge in [-0.15, -0.1) is 11.8 Å². The Labute approximate surface area is 249 Å². The van der Waals surface area contributed by atoms with Gasteiger partial charge < -0.3 is 15.5 Å². The number of aromatic nitrogens is 4. The SMILES string of the molecule is C=CC(=O)N1CCN(c2nc(=O)n(-c3c(SC)ccnc3Br)c3nc(-c4c(N)ccc(C)c4F)c(C)cc23)C(C)C1. The van der Waals surface area contributed by atoms with Gasteiger partial charge >= 0.3 is 5.69 Å². The van der Waals surface area contributed by atoms with Crippen LogP contribution in [0.5, 0.6) is 0 Å². The number of carbonyl (C=O) groups excluding carboxylic acids is 1. The average Bonchev–Trinajstić information content (AvgIpc) is 2.95. The lowest BCUT2D eigenvalue weighted by atomic mass is 10.0. The number of nitrogens with two attached hydrogens (primary N) is 1. The third kappa shape index (κ3) is 4.99. The van der Waals surface area contributed by atoms with E-state index in [2.05, 4.69) is 32.5 Å². The standard InChI is InChI=1S/C29H29BrFN7O2S/c1-6-21(39)36-11-12-37(17(4)14-36)27-18-13-16(3)24(22-19(32)8-7-15(2)23(22)31)34-28(18)38(29(40)35-27)25-20(41-5)9-10-33-26(25)30/h6-10,13,17H,1,11-12,14,32H2,2-5H3. The van der Waals surface area contributed by atoms with Gasteiger partial charge in [0.25, 0.3) is 0 Å². The number of carbonyl (C=O) groups is 1. The van der Waals surface area contributed by atoms with E-state index in [-0.39, 0.29) is 23.2 Å². The highest BCUT2D eigenvalue weighted by molar-refractivity contribution is 9.10. The van der Waals surface area contributed by atoms with Crippen molar-refractivity contribution in [3.8, 4) is 16.9 Å². The summed E-state index contributed by atoms with van der Waals surface area (Å²) in [6, 6.07) is 6.81. The van der Waals surface area contributed by atoms with E-state index < -0.39 is 11.5 Å². The Kier molecular flexibility index (Phi) is 7.89. The molecule has 1 aliphatic heterocycles. The topological polar surface area (TPSA) is 110 Å². The van der Waals surface area contributed by atoms with Crippen LogP contribution < -0.4 is 16.3 Å². The molecule has 0 bridgehead atoms. The largest absolute Gasteiger partial charge is 0.398 e. The minimum absolute atomic E-state index is 0.143. The molecule has 2 N–H and O–H groups in total. The number of benzene rings is 1. The number of rotatable bonds is 5. The van der Waals surface area contributed by atoms with Crippen LogP contribution in [0.3, 0.4) is 0 Å². The molecule has 0 aliphatic carbocycles. The van der Waals surface area contributed by atoms with Crippen LogP contribution in [0.25, 0.3) is 28.0 Å². The normalized spacial score (nSPS) is 15.4. The molecule has 0 radical (unpaired) electrons. The number of nitrogen functional groups attached to an aromatic ring is 1. The van der Waals surface area contributed by atoms with E-state index in [1.807, 2.05) is 37.1 Å². The van der Waals surface area contributed by atoms with Crippen LogP contribution in [0.1, 0.15) is 18.1 Å². The Bertz CT molecular complexity index is 1780. The summed E-state index contributed by atoms with van der Waals surface area (Å²) in [5, 5.41) is 0.607. The van der Waals surface area contributed by atoms with Crippen molar-refractivity contribution < 1.29 is 9.18 Å². The van der Waals surface area contributed by atoms with Gasteiger partial charge in [-0.3, -0.25) is 4.79 Å². The van der Waals surface area contributed by atoms with E-state index in [9.17, 15) is 9.59 Å². The van der Waals surface area contributed by atoms with Gasteiger partial charge in [0.1, 0.15) is 16.2 Å². The summed E-state index contributed by atoms with van der Waals surface area (Å²) in [4.78, 5) is 44.6. The van der Waals surface area contributed by atoms with E-state index in [1.54, 1.807) is 30.2 Å². The predicted molar refractivity (Wildman–Crippen MR) is 165 cm³/mol. The number of fused-ring (bicyclic) bond motifs is 1. The highest BCUT2D eigenvalue weighted by Crippen LogP contribution is 2.37. The number of hydrogen-bond acceptors (Lipinski definition) is 8. The number of aryl methyl sites for hydroxylation is 2. The summed E-state index contributed by atoms with van der Waals surface area (Å²) in [7, 11) is 0. The molecule has 41 heavy (non-hydrogen) atoms. The van der Waals surface area contributed by atoms with Gasteiger partial charge in [0.05, 0.1) is 22.3 Å². The molecule has 9 nitrogen and oxygen atoms in total. The van der Waals surface area contributed by atoms with Gasteiger partial charge in [0, 0.05) is 42.5 Å². The van der Waals surface area contributed by atoms with Gasteiger partial charge in [-0.1, -0.05) is 12.6 Å². The van der Waals surface area contributed by atoms with E-state index in [0.29, 0.717) is 63.6 Å². The number of nitrogens with zero attached hydrogens (tertiary/aromatic N) is 6.